The number of benzene rings is 3. The van der Waals surface area contributed by atoms with Crippen LogP contribution < -0.4 is 19.3 Å². The number of hydrogen-bond donors (Lipinski definition) is 0. The molecule has 0 spiro atoms. The molecule has 178 valence electrons. The van der Waals surface area contributed by atoms with E-state index >= 15 is 0 Å². The van der Waals surface area contributed by atoms with Crippen molar-refractivity contribution in [2.45, 2.75) is 38.8 Å². The molecule has 4 rings (SSSR count). The topological polar surface area (TPSA) is 42.0 Å². The highest BCUT2D eigenvalue weighted by atomic mass is 35.5. The van der Waals surface area contributed by atoms with E-state index in [9.17, 15) is 4.79 Å². The van der Waals surface area contributed by atoms with Crippen molar-refractivity contribution in [2.24, 2.45) is 0 Å². The number of halogens is 1. The Hall–Kier alpha value is -3.18. The zero-order valence-electron chi connectivity index (χ0n) is 20.3. The lowest BCUT2D eigenvalue weighted by atomic mass is 9.86. The number of carbonyl (C=O) groups excluding carboxylic acids is 1. The summed E-state index contributed by atoms with van der Waals surface area (Å²) in [6.07, 6.45) is 1.21. The zero-order valence-corrected chi connectivity index (χ0v) is 21.1. The minimum Gasteiger partial charge on any atom is -0.493 e. The molecule has 0 radical (unpaired) electrons. The van der Waals surface area contributed by atoms with Crippen molar-refractivity contribution in [1.29, 1.82) is 0 Å². The predicted molar refractivity (Wildman–Crippen MR) is 139 cm³/mol. The van der Waals surface area contributed by atoms with E-state index in [1.165, 1.54) is 0 Å². The third kappa shape index (κ3) is 4.71. The van der Waals surface area contributed by atoms with Crippen LogP contribution >= 0.6 is 11.6 Å². The van der Waals surface area contributed by atoms with E-state index in [1.54, 1.807) is 7.11 Å². The van der Waals surface area contributed by atoms with Gasteiger partial charge >= 0.3 is 0 Å². The van der Waals surface area contributed by atoms with E-state index in [1.807, 2.05) is 91.5 Å². The average Bonchev–Trinajstić information content (AvgIpc) is 2.83. The molecule has 0 aliphatic carbocycles. The maximum absolute atomic E-state index is 13.6. The number of carbonyl (C=O) groups is 1. The summed E-state index contributed by atoms with van der Waals surface area (Å²) in [6.45, 7) is 4.13. The van der Waals surface area contributed by atoms with Gasteiger partial charge in [-0.2, -0.15) is 0 Å². The van der Waals surface area contributed by atoms with Crippen molar-refractivity contribution in [2.75, 3.05) is 31.0 Å². The molecule has 0 saturated heterocycles. The molecule has 1 aliphatic rings. The lowest BCUT2D eigenvalue weighted by Crippen LogP contribution is -2.41. The molecular formula is C28H31ClN2O3. The summed E-state index contributed by atoms with van der Waals surface area (Å²) in [5.41, 5.74) is 4.87. The van der Waals surface area contributed by atoms with Crippen molar-refractivity contribution in [3.63, 3.8) is 0 Å². The van der Waals surface area contributed by atoms with Crippen LogP contribution in [0.3, 0.4) is 0 Å². The fourth-order valence-corrected chi connectivity index (χ4v) is 4.41. The van der Waals surface area contributed by atoms with Crippen molar-refractivity contribution in [1.82, 2.24) is 0 Å². The Balaban J connectivity index is 1.88. The molecule has 6 heteroatoms. The largest absolute Gasteiger partial charge is 0.493 e. The molecule has 0 saturated carbocycles. The normalized spacial score (nSPS) is 16.1. The van der Waals surface area contributed by atoms with Crippen LogP contribution in [0.15, 0.2) is 60.7 Å². The van der Waals surface area contributed by atoms with E-state index < -0.39 is 0 Å². The van der Waals surface area contributed by atoms with E-state index in [0.29, 0.717) is 16.5 Å². The summed E-state index contributed by atoms with van der Waals surface area (Å²) < 4.78 is 11.8. The molecule has 5 nitrogen and oxygen atoms in total. The minimum atomic E-state index is -0.316. The monoisotopic (exact) mass is 478 g/mol. The summed E-state index contributed by atoms with van der Waals surface area (Å²) >= 11 is 6.20. The van der Waals surface area contributed by atoms with Gasteiger partial charge in [-0.1, -0.05) is 30.7 Å². The molecule has 3 aromatic rings. The van der Waals surface area contributed by atoms with Crippen LogP contribution in [0.2, 0.25) is 5.02 Å². The molecule has 1 amide bonds. The molecule has 0 aromatic heterocycles. The summed E-state index contributed by atoms with van der Waals surface area (Å²) in [4.78, 5) is 17.5. The predicted octanol–water partition coefficient (Wildman–Crippen LogP) is 6.27. The fourth-order valence-electron chi connectivity index (χ4n) is 4.29. The molecule has 0 fully saturated rings. The third-order valence-electron chi connectivity index (χ3n) is 6.32. The molecule has 1 heterocycles. The fraction of sp³-hybridized carbons (Fsp3) is 0.321. The lowest BCUT2D eigenvalue weighted by Gasteiger charge is -2.38. The highest BCUT2D eigenvalue weighted by Gasteiger charge is 2.36. The first kappa shape index (κ1) is 24.0. The van der Waals surface area contributed by atoms with Gasteiger partial charge in [-0.3, -0.25) is 4.79 Å². The third-order valence-corrected chi connectivity index (χ3v) is 6.57. The van der Waals surface area contributed by atoms with Crippen LogP contribution in [0.5, 0.6) is 11.5 Å². The number of ether oxygens (including phenoxy) is 2. The lowest BCUT2D eigenvalue weighted by molar-refractivity contribution is -0.118. The van der Waals surface area contributed by atoms with Gasteiger partial charge in [-0.15, -0.1) is 0 Å². The highest BCUT2D eigenvalue weighted by Crippen LogP contribution is 2.44. The summed E-state index contributed by atoms with van der Waals surface area (Å²) in [7, 11) is 5.63. The Morgan fingerprint density at radius 3 is 2.32 bits per heavy atom. The molecule has 1 aliphatic heterocycles. The van der Waals surface area contributed by atoms with Crippen LogP contribution in [0.1, 0.15) is 43.0 Å². The molecular weight excluding hydrogens is 448 g/mol. The number of anilines is 2. The standard InChI is InChI=1S/C28H31ClN2O3/c1-6-18(2)34-26-17-24-20(15-25(26)33-5)16-27(32)31(23-13-11-22(12-14-23)30(3)4)28(24)19-7-9-21(29)10-8-19/h7-15,17-18,28H,6,16H2,1-5H3/t18?,28-/m0/s1. The van der Waals surface area contributed by atoms with Gasteiger partial charge in [0.15, 0.2) is 11.5 Å². The van der Waals surface area contributed by atoms with Crippen molar-refractivity contribution < 1.29 is 14.3 Å². The molecule has 2 atom stereocenters. The van der Waals surface area contributed by atoms with Gasteiger partial charge in [0.1, 0.15) is 0 Å². The summed E-state index contributed by atoms with van der Waals surface area (Å²) in [5.74, 6) is 1.36. The van der Waals surface area contributed by atoms with Gasteiger partial charge in [0.05, 0.1) is 25.7 Å². The number of fused-ring (bicyclic) bond motifs is 1. The molecule has 0 bridgehead atoms. The van der Waals surface area contributed by atoms with E-state index in [4.69, 9.17) is 21.1 Å². The number of rotatable bonds is 7. The van der Waals surface area contributed by atoms with Crippen molar-refractivity contribution in [3.8, 4) is 11.5 Å². The van der Waals surface area contributed by atoms with E-state index in [-0.39, 0.29) is 24.5 Å². The number of amides is 1. The smallest absolute Gasteiger partial charge is 0.232 e. The Morgan fingerprint density at radius 1 is 1.06 bits per heavy atom. The van der Waals surface area contributed by atoms with Crippen LogP contribution in [0.4, 0.5) is 11.4 Å². The number of hydrogen-bond acceptors (Lipinski definition) is 4. The minimum absolute atomic E-state index is 0.0303. The van der Waals surface area contributed by atoms with Gasteiger partial charge in [0.2, 0.25) is 5.91 Å². The Kier molecular flexibility index (Phi) is 7.03. The van der Waals surface area contributed by atoms with Crippen molar-refractivity contribution in [3.05, 3.63) is 82.4 Å². The Labute approximate surface area is 206 Å². The maximum atomic E-state index is 13.6. The van der Waals surface area contributed by atoms with Crippen LogP contribution in [0, 0.1) is 0 Å². The zero-order chi connectivity index (χ0) is 24.4. The summed E-state index contributed by atoms with van der Waals surface area (Å²) in [6, 6.07) is 19.4. The van der Waals surface area contributed by atoms with E-state index in [2.05, 4.69) is 6.92 Å². The maximum Gasteiger partial charge on any atom is 0.232 e. The Bertz CT molecular complexity index is 1160. The first-order valence-corrected chi connectivity index (χ1v) is 11.9. The first-order valence-electron chi connectivity index (χ1n) is 11.5. The molecule has 1 unspecified atom stereocenters. The number of methoxy groups -OCH3 is 1. The van der Waals surface area contributed by atoms with Gasteiger partial charge in [0, 0.05) is 30.5 Å². The van der Waals surface area contributed by atoms with E-state index in [0.717, 1.165) is 34.5 Å². The van der Waals surface area contributed by atoms with Gasteiger partial charge in [0.25, 0.3) is 0 Å². The van der Waals surface area contributed by atoms with Gasteiger partial charge in [-0.25, -0.2) is 0 Å². The average molecular weight is 479 g/mol. The van der Waals surface area contributed by atoms with Crippen LogP contribution in [-0.4, -0.2) is 33.2 Å². The van der Waals surface area contributed by atoms with Gasteiger partial charge in [-0.05, 0) is 78.6 Å². The first-order chi connectivity index (χ1) is 16.3. The van der Waals surface area contributed by atoms with Crippen LogP contribution in [-0.2, 0) is 11.2 Å². The second-order valence-electron chi connectivity index (χ2n) is 8.84. The van der Waals surface area contributed by atoms with Crippen LogP contribution in [0.25, 0.3) is 0 Å². The SMILES string of the molecule is CCC(C)Oc1cc2c(cc1OC)CC(=O)N(c1ccc(N(C)C)cc1)[C@H]2c1ccc(Cl)cc1. The van der Waals surface area contributed by atoms with Crippen molar-refractivity contribution >= 4 is 28.9 Å². The highest BCUT2D eigenvalue weighted by molar-refractivity contribution is 6.30. The quantitative estimate of drug-likeness (QED) is 0.401. The number of nitrogens with zero attached hydrogens (tertiary/aromatic N) is 2. The molecule has 34 heavy (non-hydrogen) atoms. The molecule has 3 aromatic carbocycles. The second kappa shape index (κ2) is 9.98. The summed E-state index contributed by atoms with van der Waals surface area (Å²) in [5, 5.41) is 0.656. The second-order valence-corrected chi connectivity index (χ2v) is 9.28. The van der Waals surface area contributed by atoms with Gasteiger partial charge < -0.3 is 19.3 Å². The Morgan fingerprint density at radius 2 is 1.74 bits per heavy atom. The molecule has 0 N–H and O–H groups in total.